The number of carbonyl (C=O) groups is 2. The second kappa shape index (κ2) is 3.75. The van der Waals surface area contributed by atoms with Crippen molar-refractivity contribution >= 4 is 39.2 Å². The first kappa shape index (κ1) is 10.6. The minimum atomic E-state index is -0.667. The molecule has 84 valence electrons. The van der Waals surface area contributed by atoms with E-state index in [-0.39, 0.29) is 10.6 Å². The standard InChI is InChI=1S/C11H4BrNO3S/c12-6-4-2-1-3-5(6)9-13-7-8(17-9)11(15)16-10(7)14/h1-4H. The molecule has 1 aromatic carbocycles. The van der Waals surface area contributed by atoms with Gasteiger partial charge in [0.05, 0.1) is 0 Å². The van der Waals surface area contributed by atoms with Gasteiger partial charge in [-0.2, -0.15) is 0 Å². The molecule has 0 radical (unpaired) electrons. The number of cyclic esters (lactones) is 2. The highest BCUT2D eigenvalue weighted by Gasteiger charge is 2.34. The lowest BCUT2D eigenvalue weighted by atomic mass is 10.2. The Hall–Kier alpha value is -1.53. The van der Waals surface area contributed by atoms with Gasteiger partial charge in [-0.1, -0.05) is 34.1 Å². The minimum Gasteiger partial charge on any atom is -0.384 e. The summed E-state index contributed by atoms with van der Waals surface area (Å²) in [6.07, 6.45) is 0. The molecule has 0 aliphatic carbocycles. The van der Waals surface area contributed by atoms with E-state index in [0.717, 1.165) is 21.4 Å². The highest BCUT2D eigenvalue weighted by Crippen LogP contribution is 2.35. The first-order valence-electron chi connectivity index (χ1n) is 4.69. The van der Waals surface area contributed by atoms with Gasteiger partial charge in [0, 0.05) is 10.0 Å². The molecule has 6 heteroatoms. The van der Waals surface area contributed by atoms with Crippen LogP contribution in [0.1, 0.15) is 20.2 Å². The Morgan fingerprint density at radius 3 is 2.65 bits per heavy atom. The third-order valence-corrected chi connectivity index (χ3v) is 4.06. The van der Waals surface area contributed by atoms with Crippen LogP contribution in [0.4, 0.5) is 0 Å². The molecule has 0 amide bonds. The van der Waals surface area contributed by atoms with E-state index in [1.807, 2.05) is 24.3 Å². The number of halogens is 1. The Morgan fingerprint density at radius 1 is 1.18 bits per heavy atom. The van der Waals surface area contributed by atoms with E-state index in [9.17, 15) is 9.59 Å². The van der Waals surface area contributed by atoms with Gasteiger partial charge in [-0.05, 0) is 6.07 Å². The highest BCUT2D eigenvalue weighted by atomic mass is 79.9. The molecule has 1 aliphatic rings. The number of thiazole rings is 1. The Balaban J connectivity index is 2.17. The third-order valence-electron chi connectivity index (χ3n) is 2.30. The van der Waals surface area contributed by atoms with Crippen molar-refractivity contribution in [1.82, 2.24) is 4.98 Å². The number of benzene rings is 1. The van der Waals surface area contributed by atoms with Crippen molar-refractivity contribution in [2.45, 2.75) is 0 Å². The van der Waals surface area contributed by atoms with Gasteiger partial charge in [0.15, 0.2) is 5.69 Å². The van der Waals surface area contributed by atoms with Gasteiger partial charge in [-0.25, -0.2) is 14.6 Å². The van der Waals surface area contributed by atoms with Gasteiger partial charge < -0.3 is 4.74 Å². The van der Waals surface area contributed by atoms with E-state index in [2.05, 4.69) is 25.7 Å². The average molecular weight is 310 g/mol. The summed E-state index contributed by atoms with van der Waals surface area (Å²) in [6.45, 7) is 0. The number of esters is 2. The molecule has 1 aromatic heterocycles. The molecule has 0 bridgehead atoms. The molecular weight excluding hydrogens is 306 g/mol. The largest absolute Gasteiger partial charge is 0.384 e. The van der Waals surface area contributed by atoms with E-state index in [1.54, 1.807) is 0 Å². The zero-order valence-electron chi connectivity index (χ0n) is 8.27. The normalized spacial score (nSPS) is 13.7. The monoisotopic (exact) mass is 309 g/mol. The van der Waals surface area contributed by atoms with Crippen LogP contribution in [-0.4, -0.2) is 16.9 Å². The van der Waals surface area contributed by atoms with Crippen LogP contribution >= 0.6 is 27.3 Å². The second-order valence-electron chi connectivity index (χ2n) is 3.35. The molecule has 17 heavy (non-hydrogen) atoms. The number of ether oxygens (including phenoxy) is 1. The van der Waals surface area contributed by atoms with E-state index in [4.69, 9.17) is 0 Å². The second-order valence-corrected chi connectivity index (χ2v) is 5.21. The average Bonchev–Trinajstić information content (AvgIpc) is 2.83. The molecule has 0 unspecified atom stereocenters. The molecule has 0 spiro atoms. The fraction of sp³-hybridized carbons (Fsp3) is 0. The maximum atomic E-state index is 11.3. The zero-order valence-corrected chi connectivity index (χ0v) is 10.7. The molecule has 4 nitrogen and oxygen atoms in total. The van der Waals surface area contributed by atoms with Crippen LogP contribution in [0.25, 0.3) is 10.6 Å². The van der Waals surface area contributed by atoms with Gasteiger partial charge in [0.25, 0.3) is 0 Å². The summed E-state index contributed by atoms with van der Waals surface area (Å²) in [5.74, 6) is -1.28. The van der Waals surface area contributed by atoms with Crippen molar-refractivity contribution in [2.75, 3.05) is 0 Å². The van der Waals surface area contributed by atoms with Gasteiger partial charge >= 0.3 is 11.9 Å². The molecule has 0 atom stereocenters. The van der Waals surface area contributed by atoms with Crippen molar-refractivity contribution in [2.24, 2.45) is 0 Å². The van der Waals surface area contributed by atoms with E-state index in [1.165, 1.54) is 0 Å². The Morgan fingerprint density at radius 2 is 1.94 bits per heavy atom. The van der Waals surface area contributed by atoms with Crippen molar-refractivity contribution < 1.29 is 14.3 Å². The Kier molecular flexibility index (Phi) is 2.34. The predicted octanol–water partition coefficient (Wildman–Crippen LogP) is 2.88. The van der Waals surface area contributed by atoms with Crippen LogP contribution in [0.5, 0.6) is 0 Å². The number of nitrogens with zero attached hydrogens (tertiary/aromatic N) is 1. The molecule has 0 N–H and O–H groups in total. The summed E-state index contributed by atoms with van der Waals surface area (Å²) in [4.78, 5) is 27.0. The maximum Gasteiger partial charge on any atom is 0.366 e. The lowest BCUT2D eigenvalue weighted by Crippen LogP contribution is -1.99. The molecule has 1 aliphatic heterocycles. The van der Waals surface area contributed by atoms with Gasteiger partial charge in [-0.3, -0.25) is 0 Å². The molecular formula is C11H4BrNO3S. The lowest BCUT2D eigenvalue weighted by molar-refractivity contribution is 0.0443. The summed E-state index contributed by atoms with van der Waals surface area (Å²) in [5, 5.41) is 0.632. The van der Waals surface area contributed by atoms with Crippen LogP contribution in [-0.2, 0) is 4.74 Å². The van der Waals surface area contributed by atoms with Crippen molar-refractivity contribution in [1.29, 1.82) is 0 Å². The van der Waals surface area contributed by atoms with Crippen LogP contribution < -0.4 is 0 Å². The lowest BCUT2D eigenvalue weighted by Gasteiger charge is -1.99. The summed E-state index contributed by atoms with van der Waals surface area (Å²) in [7, 11) is 0. The number of hydrogen-bond donors (Lipinski definition) is 0. The molecule has 0 fully saturated rings. The third kappa shape index (κ3) is 1.60. The van der Waals surface area contributed by atoms with Crippen LogP contribution in [0.3, 0.4) is 0 Å². The van der Waals surface area contributed by atoms with Gasteiger partial charge in [0.2, 0.25) is 0 Å². The number of hydrogen-bond acceptors (Lipinski definition) is 5. The predicted molar refractivity (Wildman–Crippen MR) is 65.0 cm³/mol. The first-order chi connectivity index (χ1) is 8.16. The van der Waals surface area contributed by atoms with E-state index in [0.29, 0.717) is 5.01 Å². The molecule has 3 rings (SSSR count). The first-order valence-corrected chi connectivity index (χ1v) is 6.30. The molecule has 2 aromatic rings. The van der Waals surface area contributed by atoms with E-state index >= 15 is 0 Å². The highest BCUT2D eigenvalue weighted by molar-refractivity contribution is 9.10. The van der Waals surface area contributed by atoms with Crippen LogP contribution in [0, 0.1) is 0 Å². The number of rotatable bonds is 1. The Labute approximate surface area is 108 Å². The SMILES string of the molecule is O=C1OC(=O)c2sc(-c3ccccc3Br)nc21. The van der Waals surface area contributed by atoms with Crippen molar-refractivity contribution in [3.8, 4) is 10.6 Å². The maximum absolute atomic E-state index is 11.3. The van der Waals surface area contributed by atoms with Crippen LogP contribution in [0.2, 0.25) is 0 Å². The topological polar surface area (TPSA) is 56.3 Å². The molecule has 0 saturated carbocycles. The van der Waals surface area contributed by atoms with Crippen molar-refractivity contribution in [3.63, 3.8) is 0 Å². The van der Waals surface area contributed by atoms with Gasteiger partial charge in [0.1, 0.15) is 9.88 Å². The van der Waals surface area contributed by atoms with Crippen molar-refractivity contribution in [3.05, 3.63) is 39.3 Å². The summed E-state index contributed by atoms with van der Waals surface area (Å²) in [5.41, 5.74) is 0.971. The number of aromatic nitrogens is 1. The van der Waals surface area contributed by atoms with Gasteiger partial charge in [-0.15, -0.1) is 11.3 Å². The summed E-state index contributed by atoms with van der Waals surface area (Å²) in [6, 6.07) is 7.50. The molecule has 2 heterocycles. The smallest absolute Gasteiger partial charge is 0.366 e. The quantitative estimate of drug-likeness (QED) is 0.600. The number of fused-ring (bicyclic) bond motifs is 1. The fourth-order valence-corrected chi connectivity index (χ4v) is 3.10. The summed E-state index contributed by atoms with van der Waals surface area (Å²) < 4.78 is 5.32. The van der Waals surface area contributed by atoms with Crippen LogP contribution in [0.15, 0.2) is 28.7 Å². The fourth-order valence-electron chi connectivity index (χ4n) is 1.53. The minimum absolute atomic E-state index is 0.116. The Bertz CT molecular complexity index is 618. The van der Waals surface area contributed by atoms with E-state index < -0.39 is 11.9 Å². The molecule has 0 saturated heterocycles. The number of carbonyl (C=O) groups excluding carboxylic acids is 2. The zero-order chi connectivity index (χ0) is 12.0. The summed E-state index contributed by atoms with van der Waals surface area (Å²) >= 11 is 4.57.